The number of nitrogens with one attached hydrogen (secondary N) is 2. The molecular weight excluding hydrogens is 516 g/mol. The fourth-order valence-electron chi connectivity index (χ4n) is 5.24. The molecule has 0 spiro atoms. The first-order valence-electron chi connectivity index (χ1n) is 13.4. The molecule has 1 aliphatic heterocycles. The molecule has 2 amide bonds. The van der Waals surface area contributed by atoms with Gasteiger partial charge in [-0.2, -0.15) is 0 Å². The van der Waals surface area contributed by atoms with Crippen molar-refractivity contribution in [1.29, 1.82) is 0 Å². The van der Waals surface area contributed by atoms with Crippen LogP contribution >= 0.6 is 11.3 Å². The molecule has 2 unspecified atom stereocenters. The minimum atomic E-state index is -3.12. The summed E-state index contributed by atoms with van der Waals surface area (Å²) in [5.41, 5.74) is 3.85. The molecule has 6 nitrogen and oxygen atoms in total. The molecule has 0 radical (unpaired) electrons. The van der Waals surface area contributed by atoms with Crippen molar-refractivity contribution in [3.63, 3.8) is 0 Å². The second-order valence-corrected chi connectivity index (χ2v) is 16.1. The average molecular weight is 557 g/mol. The molecule has 2 atom stereocenters. The molecule has 2 N–H and O–H groups in total. The third-order valence-electron chi connectivity index (χ3n) is 7.73. The monoisotopic (exact) mass is 556 g/mol. The van der Waals surface area contributed by atoms with Gasteiger partial charge in [-0.05, 0) is 65.2 Å². The number of carbonyl (C=O) groups excluding carboxylic acids is 2. The van der Waals surface area contributed by atoms with Crippen molar-refractivity contribution in [2.45, 2.75) is 78.7 Å². The van der Waals surface area contributed by atoms with Crippen molar-refractivity contribution >= 4 is 44.1 Å². The number of thiophene rings is 1. The summed E-state index contributed by atoms with van der Waals surface area (Å²) in [4.78, 5) is 27.5. The van der Waals surface area contributed by atoms with Gasteiger partial charge in [-0.3, -0.25) is 9.59 Å². The Balaban J connectivity index is 1.56. The number of hydrogen-bond acceptors (Lipinski definition) is 5. The van der Waals surface area contributed by atoms with Gasteiger partial charge < -0.3 is 10.6 Å². The highest BCUT2D eigenvalue weighted by Crippen LogP contribution is 2.44. The molecule has 1 fully saturated rings. The zero-order chi connectivity index (χ0) is 27.9. The van der Waals surface area contributed by atoms with Crippen molar-refractivity contribution in [3.05, 3.63) is 57.5 Å². The molecule has 0 bridgehead atoms. The number of fused-ring (bicyclic) bond motifs is 1. The highest BCUT2D eigenvalue weighted by molar-refractivity contribution is 7.91. The van der Waals surface area contributed by atoms with Crippen LogP contribution in [0.5, 0.6) is 0 Å². The average Bonchev–Trinajstić information content (AvgIpc) is 3.34. The van der Waals surface area contributed by atoms with Gasteiger partial charge in [0.15, 0.2) is 9.84 Å². The molecule has 1 saturated heterocycles. The Morgan fingerprint density at radius 3 is 2.29 bits per heavy atom. The molecule has 8 heteroatoms. The van der Waals surface area contributed by atoms with E-state index in [4.69, 9.17) is 0 Å². The second-order valence-electron chi connectivity index (χ2n) is 12.8. The lowest BCUT2D eigenvalue weighted by atomic mass is 9.72. The molecular formula is C30H40N2O4S2. The largest absolute Gasteiger partial charge is 0.348 e. The third kappa shape index (κ3) is 6.75. The van der Waals surface area contributed by atoms with Crippen LogP contribution in [0, 0.1) is 11.3 Å². The first-order valence-corrected chi connectivity index (χ1v) is 16.0. The Morgan fingerprint density at radius 2 is 1.71 bits per heavy atom. The second kappa shape index (κ2) is 10.6. The van der Waals surface area contributed by atoms with E-state index in [1.165, 1.54) is 23.0 Å². The smallest absolute Gasteiger partial charge is 0.254 e. The number of carbonyl (C=O) groups is 2. The molecule has 206 valence electrons. The first kappa shape index (κ1) is 28.6. The molecule has 38 heavy (non-hydrogen) atoms. The summed E-state index contributed by atoms with van der Waals surface area (Å²) >= 11 is 1.48. The van der Waals surface area contributed by atoms with Crippen LogP contribution in [0.4, 0.5) is 5.00 Å². The van der Waals surface area contributed by atoms with Gasteiger partial charge in [-0.15, -0.1) is 11.3 Å². The molecule has 2 aliphatic rings. The van der Waals surface area contributed by atoms with E-state index in [-0.39, 0.29) is 34.2 Å². The van der Waals surface area contributed by atoms with Gasteiger partial charge in [0, 0.05) is 17.0 Å². The van der Waals surface area contributed by atoms with Crippen molar-refractivity contribution in [2.75, 3.05) is 16.8 Å². The number of amides is 2. The Labute approximate surface area is 231 Å². The Morgan fingerprint density at radius 1 is 1.03 bits per heavy atom. The number of benzene rings is 1. The van der Waals surface area contributed by atoms with Crippen LogP contribution in [0.15, 0.2) is 30.3 Å². The maximum atomic E-state index is 13.4. The Bertz CT molecular complexity index is 1340. The molecule has 1 aromatic carbocycles. The first-order chi connectivity index (χ1) is 17.6. The molecule has 1 aromatic heterocycles. The van der Waals surface area contributed by atoms with E-state index in [9.17, 15) is 18.0 Å². The summed E-state index contributed by atoms with van der Waals surface area (Å²) in [6, 6.07) is 7.74. The summed E-state index contributed by atoms with van der Waals surface area (Å²) in [5.74, 6) is -0.0403. The normalized spacial score (nSPS) is 21.3. The summed E-state index contributed by atoms with van der Waals surface area (Å²) in [5, 5.41) is 6.44. The maximum Gasteiger partial charge on any atom is 0.254 e. The number of rotatable bonds is 5. The van der Waals surface area contributed by atoms with Gasteiger partial charge in [-0.25, -0.2) is 8.42 Å². The van der Waals surface area contributed by atoms with Crippen LogP contribution in [-0.2, 0) is 32.9 Å². The van der Waals surface area contributed by atoms with E-state index < -0.39 is 15.9 Å². The third-order valence-corrected chi connectivity index (χ3v) is 10.7. The number of sulfone groups is 1. The summed E-state index contributed by atoms with van der Waals surface area (Å²) in [7, 11) is -3.12. The van der Waals surface area contributed by atoms with Gasteiger partial charge in [0.2, 0.25) is 5.91 Å². The SMILES string of the molecule is CC(C)(C)c1ccc(/C=C/C(=O)Nc2sc3c(c2C(=O)NC2CCS(=O)(=O)C2)CCC(C(C)(C)C)C3)cc1. The van der Waals surface area contributed by atoms with Crippen molar-refractivity contribution in [2.24, 2.45) is 11.3 Å². The number of hydrogen-bond donors (Lipinski definition) is 2. The van der Waals surface area contributed by atoms with E-state index in [0.717, 1.165) is 35.3 Å². The summed E-state index contributed by atoms with van der Waals surface area (Å²) in [6.07, 6.45) is 6.30. The van der Waals surface area contributed by atoms with E-state index >= 15 is 0 Å². The quantitative estimate of drug-likeness (QED) is 0.458. The van der Waals surface area contributed by atoms with Gasteiger partial charge in [0.05, 0.1) is 17.1 Å². The Kier molecular flexibility index (Phi) is 7.97. The summed E-state index contributed by atoms with van der Waals surface area (Å²) < 4.78 is 23.9. The van der Waals surface area contributed by atoms with Crippen LogP contribution in [-0.4, -0.2) is 37.8 Å². The summed E-state index contributed by atoms with van der Waals surface area (Å²) in [6.45, 7) is 13.2. The minimum absolute atomic E-state index is 0.0321. The van der Waals surface area contributed by atoms with Crippen LogP contribution in [0.25, 0.3) is 6.08 Å². The van der Waals surface area contributed by atoms with Gasteiger partial charge in [0.1, 0.15) is 5.00 Å². The fraction of sp³-hybridized carbons (Fsp3) is 0.533. The highest BCUT2D eigenvalue weighted by atomic mass is 32.2. The molecule has 0 saturated carbocycles. The molecule has 1 aliphatic carbocycles. The van der Waals surface area contributed by atoms with Crippen LogP contribution in [0.3, 0.4) is 0 Å². The van der Waals surface area contributed by atoms with E-state index in [2.05, 4.69) is 64.3 Å². The van der Waals surface area contributed by atoms with E-state index in [0.29, 0.717) is 22.9 Å². The Hall–Kier alpha value is -2.45. The maximum absolute atomic E-state index is 13.4. The molecule has 2 heterocycles. The topological polar surface area (TPSA) is 92.3 Å². The number of anilines is 1. The van der Waals surface area contributed by atoms with Gasteiger partial charge in [0.25, 0.3) is 5.91 Å². The lowest BCUT2D eigenvalue weighted by Crippen LogP contribution is -2.36. The molecule has 2 aromatic rings. The van der Waals surface area contributed by atoms with Crippen LogP contribution < -0.4 is 10.6 Å². The van der Waals surface area contributed by atoms with Gasteiger partial charge in [-0.1, -0.05) is 65.8 Å². The predicted molar refractivity (Wildman–Crippen MR) is 157 cm³/mol. The van der Waals surface area contributed by atoms with Gasteiger partial charge >= 0.3 is 0 Å². The fourth-order valence-corrected chi connectivity index (χ4v) is 8.24. The van der Waals surface area contributed by atoms with E-state index in [1.54, 1.807) is 6.08 Å². The zero-order valence-corrected chi connectivity index (χ0v) is 24.9. The van der Waals surface area contributed by atoms with Crippen molar-refractivity contribution < 1.29 is 18.0 Å². The minimum Gasteiger partial charge on any atom is -0.348 e. The zero-order valence-electron chi connectivity index (χ0n) is 23.3. The van der Waals surface area contributed by atoms with Crippen LogP contribution in [0.1, 0.15) is 86.3 Å². The lowest BCUT2D eigenvalue weighted by Gasteiger charge is -2.33. The lowest BCUT2D eigenvalue weighted by molar-refractivity contribution is -0.111. The van der Waals surface area contributed by atoms with Crippen LogP contribution in [0.2, 0.25) is 0 Å². The highest BCUT2D eigenvalue weighted by Gasteiger charge is 2.35. The standard InChI is InChI=1S/C30H40N2O4S2/c1-29(2,3)20-10-7-19(8-11-20)9-14-25(33)32-28-26(27(34)31-22-15-16-38(35,36)18-22)23-13-12-21(30(4,5)6)17-24(23)37-28/h7-11,14,21-22H,12-13,15-18H2,1-6H3,(H,31,34)(H,32,33)/b14-9+. The van der Waals surface area contributed by atoms with Crippen molar-refractivity contribution in [1.82, 2.24) is 5.32 Å². The predicted octanol–water partition coefficient (Wildman–Crippen LogP) is 5.77. The molecule has 4 rings (SSSR count). The van der Waals surface area contributed by atoms with E-state index in [1.807, 2.05) is 12.1 Å². The van der Waals surface area contributed by atoms with Crippen molar-refractivity contribution in [3.8, 4) is 0 Å².